The standard InChI is InChI=1S/C19H24N4O3/c1-13(16-22-21-14(2)26-16)20-18(25)19(3)10-7-11-23(12-19)17(24)15-8-5-4-6-9-15/h4-6,8-9,13H,7,10-12H2,1-3H3,(H,20,25)/t13-,19+/m1/s1. The fraction of sp³-hybridized carbons (Fsp3) is 0.474. The van der Waals surface area contributed by atoms with Gasteiger partial charge < -0.3 is 14.6 Å². The minimum absolute atomic E-state index is 0.0371. The molecule has 0 saturated carbocycles. The predicted molar refractivity (Wildman–Crippen MR) is 95.3 cm³/mol. The molecular formula is C19H24N4O3. The highest BCUT2D eigenvalue weighted by atomic mass is 16.4. The van der Waals surface area contributed by atoms with Crippen LogP contribution < -0.4 is 5.32 Å². The fourth-order valence-corrected chi connectivity index (χ4v) is 3.28. The van der Waals surface area contributed by atoms with E-state index in [1.807, 2.05) is 32.0 Å². The van der Waals surface area contributed by atoms with E-state index in [9.17, 15) is 9.59 Å². The molecule has 138 valence electrons. The Bertz CT molecular complexity index is 789. The zero-order valence-corrected chi connectivity index (χ0v) is 15.4. The van der Waals surface area contributed by atoms with Gasteiger partial charge >= 0.3 is 0 Å². The SMILES string of the molecule is Cc1nnc([C@@H](C)NC(=O)[C@@]2(C)CCCN(C(=O)c3ccccc3)C2)o1. The summed E-state index contributed by atoms with van der Waals surface area (Å²) >= 11 is 0. The molecule has 2 amide bonds. The Labute approximate surface area is 152 Å². The first-order valence-electron chi connectivity index (χ1n) is 8.84. The molecule has 1 aliphatic heterocycles. The number of piperidine rings is 1. The number of nitrogens with zero attached hydrogens (tertiary/aromatic N) is 3. The minimum Gasteiger partial charge on any atom is -0.423 e. The Kier molecular flexibility index (Phi) is 5.06. The number of hydrogen-bond donors (Lipinski definition) is 1. The third kappa shape index (κ3) is 3.76. The van der Waals surface area contributed by atoms with E-state index in [0.717, 1.165) is 12.8 Å². The molecule has 1 N–H and O–H groups in total. The van der Waals surface area contributed by atoms with E-state index >= 15 is 0 Å². The third-order valence-corrected chi connectivity index (χ3v) is 4.81. The van der Waals surface area contributed by atoms with Gasteiger partial charge in [-0.15, -0.1) is 10.2 Å². The molecule has 1 saturated heterocycles. The molecular weight excluding hydrogens is 332 g/mol. The summed E-state index contributed by atoms with van der Waals surface area (Å²) in [6, 6.07) is 8.79. The molecule has 0 radical (unpaired) electrons. The monoisotopic (exact) mass is 356 g/mol. The van der Waals surface area contributed by atoms with Crippen LogP contribution in [-0.2, 0) is 4.79 Å². The summed E-state index contributed by atoms with van der Waals surface area (Å²) in [5.41, 5.74) is -0.00157. The van der Waals surface area contributed by atoms with Gasteiger partial charge in [0.1, 0.15) is 6.04 Å². The molecule has 0 aliphatic carbocycles. The first-order valence-corrected chi connectivity index (χ1v) is 8.84. The van der Waals surface area contributed by atoms with Crippen molar-refractivity contribution in [1.82, 2.24) is 20.4 Å². The fourth-order valence-electron chi connectivity index (χ4n) is 3.28. The Morgan fingerprint density at radius 2 is 2.00 bits per heavy atom. The lowest BCUT2D eigenvalue weighted by atomic mass is 9.80. The van der Waals surface area contributed by atoms with Crippen molar-refractivity contribution in [3.63, 3.8) is 0 Å². The number of carbonyl (C=O) groups excluding carboxylic acids is 2. The van der Waals surface area contributed by atoms with Gasteiger partial charge in [-0.3, -0.25) is 9.59 Å². The lowest BCUT2D eigenvalue weighted by molar-refractivity contribution is -0.133. The zero-order valence-electron chi connectivity index (χ0n) is 15.4. The van der Waals surface area contributed by atoms with Crippen molar-refractivity contribution in [2.75, 3.05) is 13.1 Å². The molecule has 7 heteroatoms. The van der Waals surface area contributed by atoms with Crippen LogP contribution >= 0.6 is 0 Å². The van der Waals surface area contributed by atoms with Gasteiger partial charge in [0.05, 0.1) is 5.41 Å². The summed E-state index contributed by atoms with van der Waals surface area (Å²) in [6.07, 6.45) is 1.52. The number of likely N-dealkylation sites (tertiary alicyclic amines) is 1. The number of aromatic nitrogens is 2. The van der Waals surface area contributed by atoms with Gasteiger partial charge in [-0.2, -0.15) is 0 Å². The Hall–Kier alpha value is -2.70. The van der Waals surface area contributed by atoms with Crippen LogP contribution in [0.2, 0.25) is 0 Å². The van der Waals surface area contributed by atoms with Gasteiger partial charge in [-0.05, 0) is 38.8 Å². The second-order valence-corrected chi connectivity index (χ2v) is 7.11. The lowest BCUT2D eigenvalue weighted by Gasteiger charge is -2.39. The maximum Gasteiger partial charge on any atom is 0.253 e. The van der Waals surface area contributed by atoms with Crippen molar-refractivity contribution >= 4 is 11.8 Å². The van der Waals surface area contributed by atoms with Crippen molar-refractivity contribution in [3.8, 4) is 0 Å². The van der Waals surface area contributed by atoms with Crippen LogP contribution in [-0.4, -0.2) is 40.0 Å². The van der Waals surface area contributed by atoms with Crippen molar-refractivity contribution < 1.29 is 14.0 Å². The number of rotatable bonds is 4. The first-order chi connectivity index (χ1) is 12.4. The lowest BCUT2D eigenvalue weighted by Crippen LogP contribution is -2.52. The maximum absolute atomic E-state index is 12.9. The summed E-state index contributed by atoms with van der Waals surface area (Å²) in [5.74, 6) is 0.702. The maximum atomic E-state index is 12.9. The van der Waals surface area contributed by atoms with Gasteiger partial charge in [0.2, 0.25) is 17.7 Å². The summed E-state index contributed by atoms with van der Waals surface area (Å²) < 4.78 is 5.38. The first kappa shape index (κ1) is 18.1. The van der Waals surface area contributed by atoms with Crippen molar-refractivity contribution in [2.24, 2.45) is 5.41 Å². The number of aryl methyl sites for hydroxylation is 1. The molecule has 0 spiro atoms. The topological polar surface area (TPSA) is 88.3 Å². The van der Waals surface area contributed by atoms with Crippen LogP contribution in [0.5, 0.6) is 0 Å². The van der Waals surface area contributed by atoms with Gasteiger partial charge in [0, 0.05) is 25.6 Å². The molecule has 1 fully saturated rings. The van der Waals surface area contributed by atoms with Crippen molar-refractivity contribution in [2.45, 2.75) is 39.7 Å². The summed E-state index contributed by atoms with van der Waals surface area (Å²) in [6.45, 7) is 6.47. The highest BCUT2D eigenvalue weighted by Gasteiger charge is 2.40. The van der Waals surface area contributed by atoms with E-state index in [1.165, 1.54) is 0 Å². The highest BCUT2D eigenvalue weighted by molar-refractivity contribution is 5.95. The molecule has 3 rings (SSSR count). The van der Waals surface area contributed by atoms with E-state index in [0.29, 0.717) is 30.4 Å². The normalized spacial score (nSPS) is 21.3. The van der Waals surface area contributed by atoms with Gasteiger partial charge in [0.15, 0.2) is 0 Å². The van der Waals surface area contributed by atoms with Gasteiger partial charge in [-0.1, -0.05) is 18.2 Å². The average molecular weight is 356 g/mol. The molecule has 1 aromatic heterocycles. The zero-order chi connectivity index (χ0) is 18.7. The third-order valence-electron chi connectivity index (χ3n) is 4.81. The van der Waals surface area contributed by atoms with Crippen LogP contribution in [0.15, 0.2) is 34.7 Å². The smallest absolute Gasteiger partial charge is 0.253 e. The summed E-state index contributed by atoms with van der Waals surface area (Å²) in [4.78, 5) is 27.4. The van der Waals surface area contributed by atoms with Crippen LogP contribution in [0.25, 0.3) is 0 Å². The van der Waals surface area contributed by atoms with E-state index in [-0.39, 0.29) is 17.9 Å². The molecule has 2 heterocycles. The second kappa shape index (κ2) is 7.27. The molecule has 2 aromatic rings. The highest BCUT2D eigenvalue weighted by Crippen LogP contribution is 2.31. The number of amides is 2. The Balaban J connectivity index is 1.68. The summed E-state index contributed by atoms with van der Waals surface area (Å²) in [5, 5.41) is 10.7. The molecule has 7 nitrogen and oxygen atoms in total. The van der Waals surface area contributed by atoms with E-state index in [4.69, 9.17) is 4.42 Å². The van der Waals surface area contributed by atoms with E-state index in [2.05, 4.69) is 15.5 Å². The van der Waals surface area contributed by atoms with Crippen molar-refractivity contribution in [3.05, 3.63) is 47.7 Å². The second-order valence-electron chi connectivity index (χ2n) is 7.11. The van der Waals surface area contributed by atoms with Gasteiger partial charge in [0.25, 0.3) is 5.91 Å². The molecule has 0 bridgehead atoms. The van der Waals surface area contributed by atoms with Crippen LogP contribution in [0.4, 0.5) is 0 Å². The molecule has 1 aromatic carbocycles. The van der Waals surface area contributed by atoms with E-state index in [1.54, 1.807) is 24.0 Å². The van der Waals surface area contributed by atoms with Crippen LogP contribution in [0.3, 0.4) is 0 Å². The van der Waals surface area contributed by atoms with Gasteiger partial charge in [-0.25, -0.2) is 0 Å². The minimum atomic E-state index is -0.647. The molecule has 1 aliphatic rings. The van der Waals surface area contributed by atoms with Crippen LogP contribution in [0, 0.1) is 12.3 Å². The molecule has 26 heavy (non-hydrogen) atoms. The Morgan fingerprint density at radius 3 is 2.65 bits per heavy atom. The molecule has 2 atom stereocenters. The predicted octanol–water partition coefficient (Wildman–Crippen LogP) is 2.50. The quantitative estimate of drug-likeness (QED) is 0.909. The van der Waals surface area contributed by atoms with Crippen LogP contribution in [0.1, 0.15) is 54.9 Å². The number of carbonyl (C=O) groups is 2. The van der Waals surface area contributed by atoms with Crippen molar-refractivity contribution in [1.29, 1.82) is 0 Å². The molecule has 0 unspecified atom stereocenters. The van der Waals surface area contributed by atoms with E-state index < -0.39 is 5.41 Å². The number of nitrogens with one attached hydrogen (secondary N) is 1. The average Bonchev–Trinajstić information content (AvgIpc) is 3.08. The number of benzene rings is 1. The number of hydrogen-bond acceptors (Lipinski definition) is 5. The Morgan fingerprint density at radius 1 is 1.27 bits per heavy atom. The largest absolute Gasteiger partial charge is 0.423 e. The summed E-state index contributed by atoms with van der Waals surface area (Å²) in [7, 11) is 0.